The van der Waals surface area contributed by atoms with Crippen LogP contribution in [0, 0.1) is 0 Å². The Morgan fingerprint density at radius 1 is 0.688 bits per heavy atom. The number of carbonyl (C=O) groups excluding carboxylic acids is 2. The van der Waals surface area contributed by atoms with E-state index >= 15 is 0 Å². The van der Waals surface area contributed by atoms with Crippen molar-refractivity contribution in [2.45, 2.75) is 25.7 Å². The molecular formula is C12H14O4. The van der Waals surface area contributed by atoms with Gasteiger partial charge >= 0.3 is 0 Å². The highest BCUT2D eigenvalue weighted by Gasteiger charge is 2.13. The van der Waals surface area contributed by atoms with E-state index in [1.165, 1.54) is 24.3 Å². The van der Waals surface area contributed by atoms with Crippen LogP contribution in [0.3, 0.4) is 0 Å². The number of ketones is 2. The second-order valence-electron chi connectivity index (χ2n) is 3.59. The fraction of sp³-hybridized carbons (Fsp3) is 0.333. The zero-order valence-corrected chi connectivity index (χ0v) is 8.85. The van der Waals surface area contributed by atoms with Crippen LogP contribution in [-0.4, -0.2) is 21.8 Å². The molecule has 0 radical (unpaired) electrons. The van der Waals surface area contributed by atoms with Gasteiger partial charge in [-0.15, -0.1) is 0 Å². The van der Waals surface area contributed by atoms with Crippen LogP contribution >= 0.6 is 0 Å². The maximum Gasteiger partial charge on any atom is 0.133 e. The Labute approximate surface area is 93.5 Å². The van der Waals surface area contributed by atoms with Crippen molar-refractivity contribution in [1.29, 1.82) is 0 Å². The molecule has 2 rings (SSSR count). The van der Waals surface area contributed by atoms with Crippen molar-refractivity contribution in [3.05, 3.63) is 24.3 Å². The predicted octanol–water partition coefficient (Wildman–Crippen LogP) is 1.80. The van der Waals surface area contributed by atoms with Crippen molar-refractivity contribution in [3.8, 4) is 11.5 Å². The summed E-state index contributed by atoms with van der Waals surface area (Å²) in [7, 11) is 0. The summed E-state index contributed by atoms with van der Waals surface area (Å²) in [6.45, 7) is 0. The fourth-order valence-corrected chi connectivity index (χ4v) is 1.26. The lowest BCUT2D eigenvalue weighted by Gasteiger charge is -2.04. The van der Waals surface area contributed by atoms with Crippen LogP contribution in [0.25, 0.3) is 0 Å². The first kappa shape index (κ1) is 12.2. The summed E-state index contributed by atoms with van der Waals surface area (Å²) >= 11 is 0. The zero-order chi connectivity index (χ0) is 12.0. The van der Waals surface area contributed by atoms with Gasteiger partial charge in [-0.1, -0.05) is 0 Å². The summed E-state index contributed by atoms with van der Waals surface area (Å²) in [6.07, 6.45) is 1.94. The first-order chi connectivity index (χ1) is 7.58. The molecule has 0 atom stereocenters. The number of phenols is 2. The molecule has 0 unspecified atom stereocenters. The third kappa shape index (κ3) is 4.59. The number of hydrogen-bond donors (Lipinski definition) is 2. The molecule has 1 aliphatic rings. The maximum atomic E-state index is 10.5. The smallest absolute Gasteiger partial charge is 0.133 e. The van der Waals surface area contributed by atoms with Gasteiger partial charge < -0.3 is 10.2 Å². The second kappa shape index (κ2) is 5.90. The molecule has 0 aliphatic heterocycles. The summed E-state index contributed by atoms with van der Waals surface area (Å²) in [4.78, 5) is 20.9. The normalized spacial score (nSPS) is 15.2. The minimum Gasteiger partial charge on any atom is -0.508 e. The van der Waals surface area contributed by atoms with Crippen LogP contribution in [-0.2, 0) is 9.59 Å². The highest BCUT2D eigenvalue weighted by atomic mass is 16.3. The summed E-state index contributed by atoms with van der Waals surface area (Å²) in [5.74, 6) is 0.819. The van der Waals surface area contributed by atoms with E-state index in [1.54, 1.807) is 0 Å². The molecule has 0 aromatic heterocycles. The molecule has 0 bridgehead atoms. The summed E-state index contributed by atoms with van der Waals surface area (Å²) in [5.41, 5.74) is 0. The van der Waals surface area contributed by atoms with Crippen molar-refractivity contribution >= 4 is 11.6 Å². The van der Waals surface area contributed by atoms with E-state index in [-0.39, 0.29) is 23.1 Å². The van der Waals surface area contributed by atoms with Crippen molar-refractivity contribution in [1.82, 2.24) is 0 Å². The Balaban J connectivity index is 0.000000160. The number of Topliss-reactive ketones (excluding diaryl/α,β-unsaturated/α-hetero) is 2. The van der Waals surface area contributed by atoms with Gasteiger partial charge in [-0.3, -0.25) is 9.59 Å². The Kier molecular flexibility index (Phi) is 4.51. The van der Waals surface area contributed by atoms with Crippen LogP contribution < -0.4 is 0 Å². The van der Waals surface area contributed by atoms with E-state index in [1.807, 2.05) is 0 Å². The average Bonchev–Trinajstić information content (AvgIpc) is 2.28. The van der Waals surface area contributed by atoms with Gasteiger partial charge in [-0.25, -0.2) is 0 Å². The van der Waals surface area contributed by atoms with E-state index in [2.05, 4.69) is 0 Å². The Morgan fingerprint density at radius 3 is 1.19 bits per heavy atom. The first-order valence-electron chi connectivity index (χ1n) is 5.09. The fourth-order valence-electron chi connectivity index (χ4n) is 1.26. The molecule has 1 saturated carbocycles. The third-order valence-electron chi connectivity index (χ3n) is 2.22. The van der Waals surface area contributed by atoms with Gasteiger partial charge in [0.15, 0.2) is 0 Å². The van der Waals surface area contributed by atoms with Crippen molar-refractivity contribution in [2.75, 3.05) is 0 Å². The summed E-state index contributed by atoms with van der Waals surface area (Å²) < 4.78 is 0. The largest absolute Gasteiger partial charge is 0.508 e. The lowest BCUT2D eigenvalue weighted by Crippen LogP contribution is -2.12. The quantitative estimate of drug-likeness (QED) is 0.656. The van der Waals surface area contributed by atoms with E-state index in [9.17, 15) is 9.59 Å². The van der Waals surface area contributed by atoms with E-state index in [0.717, 1.165) is 0 Å². The molecule has 16 heavy (non-hydrogen) atoms. The van der Waals surface area contributed by atoms with Gasteiger partial charge in [0.1, 0.15) is 23.1 Å². The molecule has 86 valence electrons. The predicted molar refractivity (Wildman–Crippen MR) is 58.3 cm³/mol. The SMILES string of the molecule is O=C1CCC(=O)CC1.Oc1ccc(O)cc1. The first-order valence-corrected chi connectivity index (χ1v) is 5.09. The molecule has 1 aliphatic carbocycles. The molecule has 0 amide bonds. The lowest BCUT2D eigenvalue weighted by atomic mass is 9.98. The van der Waals surface area contributed by atoms with E-state index in [0.29, 0.717) is 25.7 Å². The minimum absolute atomic E-state index is 0.169. The van der Waals surface area contributed by atoms with Gasteiger partial charge in [0.2, 0.25) is 0 Å². The van der Waals surface area contributed by atoms with Gasteiger partial charge in [-0.2, -0.15) is 0 Å². The average molecular weight is 222 g/mol. The molecule has 4 heteroatoms. The minimum atomic E-state index is 0.169. The van der Waals surface area contributed by atoms with Crippen LogP contribution in [0.4, 0.5) is 0 Å². The molecule has 4 nitrogen and oxygen atoms in total. The highest BCUT2D eigenvalue weighted by molar-refractivity contribution is 5.92. The van der Waals surface area contributed by atoms with Crippen LogP contribution in [0.5, 0.6) is 11.5 Å². The Bertz CT molecular complexity index is 318. The van der Waals surface area contributed by atoms with E-state index < -0.39 is 0 Å². The number of carbonyl (C=O) groups is 2. The zero-order valence-electron chi connectivity index (χ0n) is 8.85. The standard InChI is InChI=1S/C6H8O2.C6H6O2/c2*7-5-1-2-6(8)4-3-5/h1-4H2;1-4,7-8H. The second-order valence-corrected chi connectivity index (χ2v) is 3.59. The summed E-state index contributed by atoms with van der Waals surface area (Å²) in [6, 6.07) is 5.70. The van der Waals surface area contributed by atoms with Crippen LogP contribution in [0.2, 0.25) is 0 Å². The molecule has 1 aromatic carbocycles. The monoisotopic (exact) mass is 222 g/mol. The molecule has 0 heterocycles. The number of phenolic OH excluding ortho intramolecular Hbond substituents is 2. The summed E-state index contributed by atoms with van der Waals surface area (Å²) in [5, 5.41) is 17.3. The van der Waals surface area contributed by atoms with Crippen molar-refractivity contribution in [3.63, 3.8) is 0 Å². The van der Waals surface area contributed by atoms with Gasteiger partial charge in [0.25, 0.3) is 0 Å². The van der Waals surface area contributed by atoms with E-state index in [4.69, 9.17) is 10.2 Å². The molecule has 2 N–H and O–H groups in total. The topological polar surface area (TPSA) is 74.6 Å². The van der Waals surface area contributed by atoms with Gasteiger partial charge in [0.05, 0.1) is 0 Å². The number of aromatic hydroxyl groups is 2. The van der Waals surface area contributed by atoms with Crippen LogP contribution in [0.1, 0.15) is 25.7 Å². The number of rotatable bonds is 0. The molecule has 0 saturated heterocycles. The molecular weight excluding hydrogens is 208 g/mol. The number of benzene rings is 1. The Morgan fingerprint density at radius 2 is 0.938 bits per heavy atom. The molecule has 1 aromatic rings. The van der Waals surface area contributed by atoms with Gasteiger partial charge in [-0.05, 0) is 24.3 Å². The Hall–Kier alpha value is -1.84. The van der Waals surface area contributed by atoms with Gasteiger partial charge in [0, 0.05) is 25.7 Å². The third-order valence-corrected chi connectivity index (χ3v) is 2.22. The van der Waals surface area contributed by atoms with Crippen LogP contribution in [0.15, 0.2) is 24.3 Å². The molecule has 1 fully saturated rings. The van der Waals surface area contributed by atoms with Crippen molar-refractivity contribution in [2.24, 2.45) is 0 Å². The highest BCUT2D eigenvalue weighted by Crippen LogP contribution is 2.13. The maximum absolute atomic E-state index is 10.5. The molecule has 0 spiro atoms. The van der Waals surface area contributed by atoms with Crippen molar-refractivity contribution < 1.29 is 19.8 Å². The number of hydrogen-bond acceptors (Lipinski definition) is 4. The lowest BCUT2D eigenvalue weighted by molar-refractivity contribution is -0.128.